The van der Waals surface area contributed by atoms with E-state index < -0.39 is 6.17 Å². The van der Waals surface area contributed by atoms with Crippen molar-refractivity contribution in [3.63, 3.8) is 0 Å². The Morgan fingerprint density at radius 1 is 1.27 bits per heavy atom. The Labute approximate surface area is 128 Å². The maximum Gasteiger partial charge on any atom is 0.320 e. The highest BCUT2D eigenvalue weighted by atomic mass is 19.1. The minimum absolute atomic E-state index is 0.279. The van der Waals surface area contributed by atoms with E-state index in [-0.39, 0.29) is 12.1 Å². The fourth-order valence-corrected chi connectivity index (χ4v) is 2.59. The summed E-state index contributed by atoms with van der Waals surface area (Å²) in [4.78, 5) is 15.4. The second-order valence-corrected chi connectivity index (χ2v) is 5.51. The molecule has 7 nitrogen and oxygen atoms in total. The Morgan fingerprint density at radius 2 is 2.00 bits per heavy atom. The van der Waals surface area contributed by atoms with Crippen LogP contribution < -0.4 is 15.0 Å². The maximum absolute atomic E-state index is 13.7. The molecule has 120 valence electrons. The monoisotopic (exact) mass is 308 g/mol. The lowest BCUT2D eigenvalue weighted by Crippen LogP contribution is -2.44. The molecule has 0 aromatic carbocycles. The van der Waals surface area contributed by atoms with Crippen molar-refractivity contribution in [3.8, 4) is 6.01 Å². The first-order valence-electron chi connectivity index (χ1n) is 7.50. The van der Waals surface area contributed by atoms with E-state index in [1.807, 2.05) is 6.92 Å². The molecular formula is C14H21FN6O. The predicted octanol–water partition coefficient (Wildman–Crippen LogP) is 1.16. The molecule has 1 fully saturated rings. The number of imidazole rings is 1. The van der Waals surface area contributed by atoms with Gasteiger partial charge >= 0.3 is 6.01 Å². The molecule has 8 heteroatoms. The Kier molecular flexibility index (Phi) is 4.10. The van der Waals surface area contributed by atoms with E-state index in [9.17, 15) is 4.39 Å². The van der Waals surface area contributed by atoms with Gasteiger partial charge in [-0.25, -0.2) is 9.37 Å². The van der Waals surface area contributed by atoms with Crippen molar-refractivity contribution < 1.29 is 9.13 Å². The van der Waals surface area contributed by atoms with Crippen molar-refractivity contribution >= 4 is 17.0 Å². The van der Waals surface area contributed by atoms with Gasteiger partial charge in [0.1, 0.15) is 6.17 Å². The van der Waals surface area contributed by atoms with Crippen LogP contribution in [-0.2, 0) is 0 Å². The van der Waals surface area contributed by atoms with Crippen molar-refractivity contribution in [1.82, 2.24) is 24.8 Å². The standard InChI is InChI=1S/C14H21FN6O/c1-9(15)10(2)21-8-17-11-12(20-6-4-16-5-7-20)18-14(22-3)19-13(11)21/h8-10,16H,4-7H2,1-3H3. The number of anilines is 1. The average Bonchev–Trinajstić information content (AvgIpc) is 2.97. The minimum Gasteiger partial charge on any atom is -0.467 e. The molecule has 0 amide bonds. The van der Waals surface area contributed by atoms with Gasteiger partial charge in [0, 0.05) is 26.2 Å². The molecule has 0 aliphatic carbocycles. The van der Waals surface area contributed by atoms with Crippen LogP contribution in [0.5, 0.6) is 6.01 Å². The summed E-state index contributed by atoms with van der Waals surface area (Å²) in [6.45, 7) is 6.82. The van der Waals surface area contributed by atoms with E-state index in [0.29, 0.717) is 11.2 Å². The van der Waals surface area contributed by atoms with Crippen molar-refractivity contribution in [2.45, 2.75) is 26.1 Å². The smallest absolute Gasteiger partial charge is 0.320 e. The van der Waals surface area contributed by atoms with Crippen LogP contribution >= 0.6 is 0 Å². The highest BCUT2D eigenvalue weighted by Gasteiger charge is 2.23. The summed E-state index contributed by atoms with van der Waals surface area (Å²) in [7, 11) is 1.53. The largest absolute Gasteiger partial charge is 0.467 e. The number of aromatic nitrogens is 4. The number of methoxy groups -OCH3 is 1. The lowest BCUT2D eigenvalue weighted by molar-refractivity contribution is 0.267. The zero-order valence-electron chi connectivity index (χ0n) is 13.1. The van der Waals surface area contributed by atoms with Crippen LogP contribution in [0.2, 0.25) is 0 Å². The fourth-order valence-electron chi connectivity index (χ4n) is 2.59. The summed E-state index contributed by atoms with van der Waals surface area (Å²) in [5.41, 5.74) is 1.30. The second-order valence-electron chi connectivity index (χ2n) is 5.51. The molecule has 22 heavy (non-hydrogen) atoms. The van der Waals surface area contributed by atoms with Crippen LogP contribution in [0.15, 0.2) is 6.33 Å². The molecule has 1 N–H and O–H groups in total. The summed E-state index contributed by atoms with van der Waals surface area (Å²) in [5, 5.41) is 3.31. The average molecular weight is 308 g/mol. The first-order chi connectivity index (χ1) is 10.6. The van der Waals surface area contributed by atoms with Crippen molar-refractivity contribution in [1.29, 1.82) is 0 Å². The van der Waals surface area contributed by atoms with Gasteiger partial charge in [-0.05, 0) is 13.8 Å². The van der Waals surface area contributed by atoms with Gasteiger partial charge < -0.3 is 19.5 Å². The number of piperazine rings is 1. The van der Waals surface area contributed by atoms with E-state index in [4.69, 9.17) is 4.74 Å². The van der Waals surface area contributed by atoms with Gasteiger partial charge in [-0.15, -0.1) is 0 Å². The van der Waals surface area contributed by atoms with E-state index in [0.717, 1.165) is 32.0 Å². The van der Waals surface area contributed by atoms with Gasteiger partial charge in [0.25, 0.3) is 0 Å². The Hall–Kier alpha value is -1.96. The summed E-state index contributed by atoms with van der Waals surface area (Å²) < 4.78 is 20.6. The number of hydrogen-bond acceptors (Lipinski definition) is 6. The van der Waals surface area contributed by atoms with Crippen LogP contribution in [0, 0.1) is 0 Å². The van der Waals surface area contributed by atoms with Gasteiger partial charge in [0.15, 0.2) is 17.0 Å². The zero-order chi connectivity index (χ0) is 15.7. The highest BCUT2D eigenvalue weighted by Crippen LogP contribution is 2.28. The third-order valence-electron chi connectivity index (χ3n) is 4.09. The number of nitrogens with zero attached hydrogens (tertiary/aromatic N) is 5. The zero-order valence-corrected chi connectivity index (χ0v) is 13.1. The molecule has 0 saturated carbocycles. The van der Waals surface area contributed by atoms with E-state index in [2.05, 4.69) is 25.2 Å². The molecule has 1 saturated heterocycles. The van der Waals surface area contributed by atoms with Crippen molar-refractivity contribution in [2.75, 3.05) is 38.2 Å². The number of nitrogens with one attached hydrogen (secondary N) is 1. The van der Waals surface area contributed by atoms with Crippen LogP contribution in [0.1, 0.15) is 19.9 Å². The van der Waals surface area contributed by atoms with Crippen LogP contribution in [0.3, 0.4) is 0 Å². The first-order valence-corrected chi connectivity index (χ1v) is 7.50. The Balaban J connectivity index is 2.11. The van der Waals surface area contributed by atoms with Gasteiger partial charge in [0.2, 0.25) is 0 Å². The number of rotatable bonds is 4. The highest BCUT2D eigenvalue weighted by molar-refractivity contribution is 5.84. The quantitative estimate of drug-likeness (QED) is 0.914. The number of ether oxygens (including phenoxy) is 1. The Bertz CT molecular complexity index is 652. The Morgan fingerprint density at radius 3 is 2.64 bits per heavy atom. The molecule has 2 unspecified atom stereocenters. The van der Waals surface area contributed by atoms with Gasteiger partial charge in [-0.2, -0.15) is 9.97 Å². The van der Waals surface area contributed by atoms with Crippen molar-refractivity contribution in [2.24, 2.45) is 0 Å². The molecule has 3 heterocycles. The number of halogens is 1. The first kappa shape index (κ1) is 15.0. The molecule has 1 aliphatic rings. The fraction of sp³-hybridized carbons (Fsp3) is 0.643. The van der Waals surface area contributed by atoms with Gasteiger partial charge in [0.05, 0.1) is 19.5 Å². The summed E-state index contributed by atoms with van der Waals surface area (Å²) in [6, 6.07) is -0.0676. The third kappa shape index (κ3) is 2.58. The van der Waals surface area contributed by atoms with Crippen molar-refractivity contribution in [3.05, 3.63) is 6.33 Å². The molecule has 2 aromatic heterocycles. The van der Waals surface area contributed by atoms with Crippen LogP contribution in [0.25, 0.3) is 11.2 Å². The predicted molar refractivity (Wildman–Crippen MR) is 82.2 cm³/mol. The molecule has 0 spiro atoms. The number of hydrogen-bond donors (Lipinski definition) is 1. The topological polar surface area (TPSA) is 68.1 Å². The number of fused-ring (bicyclic) bond motifs is 1. The molecule has 2 atom stereocenters. The third-order valence-corrected chi connectivity index (χ3v) is 4.09. The molecule has 3 rings (SSSR count). The second kappa shape index (κ2) is 6.04. The number of alkyl halides is 1. The minimum atomic E-state index is -0.999. The summed E-state index contributed by atoms with van der Waals surface area (Å²) in [6.07, 6.45) is 0.631. The summed E-state index contributed by atoms with van der Waals surface area (Å²) >= 11 is 0. The molecule has 0 bridgehead atoms. The van der Waals surface area contributed by atoms with E-state index in [1.165, 1.54) is 14.0 Å². The molecule has 1 aliphatic heterocycles. The van der Waals surface area contributed by atoms with E-state index in [1.54, 1.807) is 10.9 Å². The molecule has 2 aromatic rings. The SMILES string of the molecule is COc1nc(N2CCNCC2)c2ncn(C(C)C(C)F)c2n1. The van der Waals surface area contributed by atoms with E-state index >= 15 is 0 Å². The van der Waals surface area contributed by atoms with Crippen LogP contribution in [-0.4, -0.2) is 59.0 Å². The maximum atomic E-state index is 13.7. The molecular weight excluding hydrogens is 287 g/mol. The van der Waals surface area contributed by atoms with Gasteiger partial charge in [-0.1, -0.05) is 0 Å². The lowest BCUT2D eigenvalue weighted by atomic mass is 10.2. The van der Waals surface area contributed by atoms with Crippen LogP contribution in [0.4, 0.5) is 10.2 Å². The summed E-state index contributed by atoms with van der Waals surface area (Å²) in [5.74, 6) is 0.751. The molecule has 0 radical (unpaired) electrons. The lowest BCUT2D eigenvalue weighted by Gasteiger charge is -2.28. The van der Waals surface area contributed by atoms with Gasteiger partial charge in [-0.3, -0.25) is 0 Å². The normalized spacial score (nSPS) is 18.5.